The van der Waals surface area contributed by atoms with Gasteiger partial charge in [-0.2, -0.15) is 0 Å². The van der Waals surface area contributed by atoms with Gasteiger partial charge in [0.1, 0.15) is 97.7 Å². The zero-order chi connectivity index (χ0) is 76.0. The minimum Gasteiger partial charge on any atom is -0.467 e. The fourth-order valence-electron chi connectivity index (χ4n) is 16.9. The Kier molecular flexibility index (Phi) is 27.7. The topological polar surface area (TPSA) is 309 Å². The second-order valence-corrected chi connectivity index (χ2v) is 38.2. The lowest BCUT2D eigenvalue weighted by molar-refractivity contribution is -0.430. The zero-order valence-corrected chi connectivity index (χ0v) is 65.2. The molecule has 4 aromatic rings. The minimum atomic E-state index is -3.53. The summed E-state index contributed by atoms with van der Waals surface area (Å²) in [7, 11) is 7.06. The largest absolute Gasteiger partial charge is 0.467 e. The average molecular weight is 1510 g/mol. The van der Waals surface area contributed by atoms with Crippen molar-refractivity contribution in [1.29, 1.82) is 0 Å². The zero-order valence-electron chi connectivity index (χ0n) is 63.2. The number of esters is 2. The number of aliphatic hydroxyl groups is 4. The van der Waals surface area contributed by atoms with Crippen LogP contribution in [0.15, 0.2) is 121 Å². The first-order valence-corrected chi connectivity index (χ1v) is 39.6. The summed E-state index contributed by atoms with van der Waals surface area (Å²) in [5.41, 5.74) is -4.35. The van der Waals surface area contributed by atoms with E-state index < -0.39 is 197 Å². The Hall–Kier alpha value is -4.67. The number of hydrogen-bond donors (Lipinski definition) is 4. The van der Waals surface area contributed by atoms with E-state index in [2.05, 4.69) is 65.8 Å². The second kappa shape index (κ2) is 35.1. The van der Waals surface area contributed by atoms with Gasteiger partial charge in [-0.25, -0.2) is 9.59 Å². The van der Waals surface area contributed by atoms with Gasteiger partial charge in [-0.3, -0.25) is 0 Å². The van der Waals surface area contributed by atoms with Gasteiger partial charge >= 0.3 is 11.9 Å². The number of fused-ring (bicyclic) bond motifs is 3. The fourth-order valence-corrected chi connectivity index (χ4v) is 26.0. The molecule has 6 aliphatic heterocycles. The van der Waals surface area contributed by atoms with Crippen LogP contribution in [-0.2, 0) is 108 Å². The molecular weight excluding hydrogens is 1400 g/mol. The summed E-state index contributed by atoms with van der Waals surface area (Å²) in [5, 5.41) is 51.3. The van der Waals surface area contributed by atoms with Crippen molar-refractivity contribution in [3.05, 3.63) is 121 Å². The first kappa shape index (κ1) is 82.8. The third-order valence-corrected chi connectivity index (χ3v) is 32.0. The molecule has 0 aromatic heterocycles. The first-order chi connectivity index (χ1) is 50.3. The van der Waals surface area contributed by atoms with Crippen LogP contribution in [0.1, 0.15) is 61.3 Å². The molecule has 0 amide bonds. The Balaban J connectivity index is 1.01. The van der Waals surface area contributed by atoms with Crippen LogP contribution in [0.3, 0.4) is 0 Å². The fraction of sp³-hybridized carbons (Fsp3) is 0.658. The summed E-state index contributed by atoms with van der Waals surface area (Å²) in [6, 6.07) is 39.7. The van der Waals surface area contributed by atoms with E-state index in [9.17, 15) is 30.0 Å². The van der Waals surface area contributed by atoms with Crippen molar-refractivity contribution in [1.82, 2.24) is 0 Å². The quantitative estimate of drug-likeness (QED) is 0.0431. The van der Waals surface area contributed by atoms with E-state index in [1.165, 1.54) is 64.0 Å². The molecule has 4 N–H and O–H groups in total. The summed E-state index contributed by atoms with van der Waals surface area (Å²) >= 11 is 0. The summed E-state index contributed by atoms with van der Waals surface area (Å²) in [6.45, 7) is 13.1. The maximum absolute atomic E-state index is 14.9. The Morgan fingerprint density at radius 1 is 0.457 bits per heavy atom. The second-order valence-electron chi connectivity index (χ2n) is 29.5. The van der Waals surface area contributed by atoms with Gasteiger partial charge in [0.05, 0.1) is 46.2 Å². The number of methoxy groups -OCH3 is 10. The highest BCUT2D eigenvalue weighted by molar-refractivity contribution is 7.00. The number of aliphatic hydroxyl groups excluding tert-OH is 4. The van der Waals surface area contributed by atoms with Crippen LogP contribution in [0.25, 0.3) is 0 Å². The number of ether oxygens (including phenoxy) is 19. The number of carbonyl (C=O) groups is 2. The summed E-state index contributed by atoms with van der Waals surface area (Å²) in [6.07, 6.45) is -29.1. The van der Waals surface area contributed by atoms with Crippen LogP contribution in [0.2, 0.25) is 10.1 Å². The molecule has 27 nitrogen and oxygen atoms in total. The highest BCUT2D eigenvalue weighted by Gasteiger charge is 2.70. The Bertz CT molecular complexity index is 3280. The molecule has 1 saturated carbocycles. The molecule has 10 unspecified atom stereocenters. The van der Waals surface area contributed by atoms with Crippen molar-refractivity contribution in [3.8, 4) is 0 Å². The van der Waals surface area contributed by atoms with E-state index in [1.807, 2.05) is 97.1 Å². The van der Waals surface area contributed by atoms with E-state index in [4.69, 9.17) is 98.9 Å². The van der Waals surface area contributed by atoms with Gasteiger partial charge in [-0.15, -0.1) is 0 Å². The monoisotopic (exact) mass is 1510 g/mol. The molecule has 6 heterocycles. The van der Waals surface area contributed by atoms with Gasteiger partial charge < -0.3 is 119 Å². The van der Waals surface area contributed by atoms with Crippen LogP contribution < -0.4 is 20.7 Å². The summed E-state index contributed by atoms with van der Waals surface area (Å²) < 4.78 is 137. The predicted molar refractivity (Wildman–Crippen MR) is 383 cm³/mol. The van der Waals surface area contributed by atoms with E-state index in [-0.39, 0.29) is 32.7 Å². The van der Waals surface area contributed by atoms with Crippen molar-refractivity contribution in [3.63, 3.8) is 0 Å². The third-order valence-electron chi connectivity index (χ3n) is 22.0. The Labute approximate surface area is 617 Å². The molecule has 584 valence electrons. The Morgan fingerprint density at radius 3 is 1.34 bits per heavy atom. The van der Waals surface area contributed by atoms with Crippen LogP contribution >= 0.6 is 0 Å². The van der Waals surface area contributed by atoms with Crippen LogP contribution in [0.4, 0.5) is 0 Å². The van der Waals surface area contributed by atoms with E-state index in [0.717, 1.165) is 27.9 Å². The molecule has 25 atom stereocenters. The molecule has 105 heavy (non-hydrogen) atoms. The number of rotatable bonds is 30. The Morgan fingerprint density at radius 2 is 0.914 bits per heavy atom. The lowest BCUT2D eigenvalue weighted by Gasteiger charge is -2.57. The number of carbonyl (C=O) groups excluding carboxylic acids is 2. The van der Waals surface area contributed by atoms with Gasteiger partial charge in [-0.05, 0) is 43.7 Å². The maximum atomic E-state index is 14.9. The van der Waals surface area contributed by atoms with E-state index >= 15 is 0 Å². The SMILES string of the molecule is CCC1(C(=O)OC)O[C@@H](O[C@H]2C(CO[Si](c3ccccc3)(c3ccccc3)C(C)(C)C)O[C@@H](O[C@@H]3C(OC)[C@H]4OCC3(C(=O)OC)O[C@@H]4O[C@H]3C(CO[Si](c4ccccc4)(c4ccccc4)C(C)(C)C)O[C@@H](OC)C(O)[C@H]3OC)C(O)[C@H]2O)C(OC)[C@@H](OC)[C@H]1O[C@@H]1CC(CO)[C@H](OC)[C@H](OC)C1OC. The summed E-state index contributed by atoms with van der Waals surface area (Å²) in [4.78, 5) is 29.7. The summed E-state index contributed by atoms with van der Waals surface area (Å²) in [5.74, 6) is -2.37. The average Bonchev–Trinajstić information content (AvgIpc) is 0.674. The molecule has 7 fully saturated rings. The first-order valence-electron chi connectivity index (χ1n) is 35.8. The molecule has 11 rings (SSSR count). The smallest absolute Gasteiger partial charge is 0.343 e. The van der Waals surface area contributed by atoms with Gasteiger partial charge in [0.2, 0.25) is 5.60 Å². The van der Waals surface area contributed by atoms with Gasteiger partial charge in [0, 0.05) is 69.4 Å². The third kappa shape index (κ3) is 15.5. The van der Waals surface area contributed by atoms with Crippen molar-refractivity contribution in [2.24, 2.45) is 5.92 Å². The predicted octanol–water partition coefficient (Wildman–Crippen LogP) is 2.69. The van der Waals surface area contributed by atoms with Gasteiger partial charge in [0.25, 0.3) is 16.6 Å². The molecule has 4 aromatic carbocycles. The van der Waals surface area contributed by atoms with Crippen LogP contribution in [0, 0.1) is 5.92 Å². The molecule has 29 heteroatoms. The van der Waals surface area contributed by atoms with Gasteiger partial charge in [0.15, 0.2) is 30.8 Å². The standard InChI is InChI=1S/C76H110O27Si2/c1-18-75(71(81)91-16)65(96-49-39-44(40-77)55(83-8)60(86-11)57(49)84-9)61(87-12)63(89-14)69(102-75)99-56-50(41-94-104(73(2,3)4,45-31-23-19-24-32-45)46-33-25-20-26-34-46)98-68(53(79)52(56)78)101-66-62(88-13)64-70(103-76(66,43-93-64)72(82)92-17)100-58-51(97-67(90-15)54(80)59(58)85-10)42-95-105(74(5,6)7,47-35-27-21-28-36-47)48-37-29-22-30-38-48/h19-38,44,49-70,77-80H,18,39-43H2,1-17H3/t44?,49-,50?,51?,52-,53?,54?,55+,56+,57?,58+,59-,60+,61-,62?,63?,64-,65-,66-,67-,68+,69-,70+,75?,76?/m1/s1. The van der Waals surface area contributed by atoms with Crippen molar-refractivity contribution in [2.45, 2.75) is 218 Å². The number of hydrogen-bond acceptors (Lipinski definition) is 27. The van der Waals surface area contributed by atoms with Crippen LogP contribution in [0.5, 0.6) is 0 Å². The molecule has 7 aliphatic rings. The van der Waals surface area contributed by atoms with Crippen molar-refractivity contribution in [2.75, 3.05) is 97.5 Å². The minimum absolute atomic E-state index is 0.107. The molecule has 0 spiro atoms. The normalized spacial score (nSPS) is 36.1. The molecule has 0 radical (unpaired) electrons. The van der Waals surface area contributed by atoms with E-state index in [0.29, 0.717) is 0 Å². The molecule has 2 bridgehead atoms. The number of benzene rings is 4. The van der Waals surface area contributed by atoms with E-state index in [1.54, 1.807) is 6.92 Å². The lowest BCUT2D eigenvalue weighted by Crippen LogP contribution is -2.78. The lowest BCUT2D eigenvalue weighted by atomic mass is 9.79. The maximum Gasteiger partial charge on any atom is 0.343 e. The highest BCUT2D eigenvalue weighted by Crippen LogP contribution is 2.48. The van der Waals surface area contributed by atoms with Crippen molar-refractivity contribution >= 4 is 49.3 Å². The highest BCUT2D eigenvalue weighted by atomic mass is 28.4. The molecule has 1 aliphatic carbocycles. The van der Waals surface area contributed by atoms with Crippen molar-refractivity contribution < 1.29 is 129 Å². The molecular formula is C76H110O27Si2. The van der Waals surface area contributed by atoms with Gasteiger partial charge in [-0.1, -0.05) is 170 Å². The van der Waals surface area contributed by atoms with Crippen LogP contribution in [-0.4, -0.2) is 293 Å². The molecule has 6 saturated heterocycles.